The summed E-state index contributed by atoms with van der Waals surface area (Å²) in [7, 11) is 0. The highest BCUT2D eigenvalue weighted by atomic mass is 32.1. The predicted octanol–water partition coefficient (Wildman–Crippen LogP) is 4.45. The number of rotatable bonds is 6. The topological polar surface area (TPSA) is 51.2 Å². The third-order valence-corrected chi connectivity index (χ3v) is 4.71. The lowest BCUT2D eigenvalue weighted by atomic mass is 10.1. The van der Waals surface area contributed by atoms with Gasteiger partial charge in [0.05, 0.1) is 18.8 Å². The van der Waals surface area contributed by atoms with Gasteiger partial charge in [0.2, 0.25) is 0 Å². The molecule has 5 heteroatoms. The summed E-state index contributed by atoms with van der Waals surface area (Å²) in [6, 6.07) is 15.3. The maximum absolute atomic E-state index is 12.2. The molecule has 0 aliphatic heterocycles. The van der Waals surface area contributed by atoms with Gasteiger partial charge in [-0.15, -0.1) is 11.3 Å². The Morgan fingerprint density at radius 3 is 2.64 bits per heavy atom. The van der Waals surface area contributed by atoms with E-state index in [9.17, 15) is 4.79 Å². The van der Waals surface area contributed by atoms with Crippen LogP contribution in [0.1, 0.15) is 28.5 Å². The van der Waals surface area contributed by atoms with Crippen molar-refractivity contribution < 1.29 is 9.53 Å². The van der Waals surface area contributed by atoms with Gasteiger partial charge in [0.15, 0.2) is 0 Å². The Balaban J connectivity index is 1.62. The second kappa shape index (κ2) is 7.94. The maximum atomic E-state index is 12.2. The molecule has 1 amide bonds. The van der Waals surface area contributed by atoms with Gasteiger partial charge in [-0.3, -0.25) is 4.79 Å². The van der Waals surface area contributed by atoms with Crippen LogP contribution in [0.2, 0.25) is 0 Å². The van der Waals surface area contributed by atoms with E-state index in [4.69, 9.17) is 4.74 Å². The van der Waals surface area contributed by atoms with E-state index in [1.807, 2.05) is 24.4 Å². The number of aromatic nitrogens is 1. The molecule has 0 bridgehead atoms. The van der Waals surface area contributed by atoms with Crippen LogP contribution in [0.5, 0.6) is 5.75 Å². The van der Waals surface area contributed by atoms with E-state index in [1.165, 1.54) is 5.56 Å². The molecule has 0 aliphatic carbocycles. The second-order valence-corrected chi connectivity index (χ2v) is 6.46. The first-order valence-electron chi connectivity index (χ1n) is 8.19. The van der Waals surface area contributed by atoms with Crippen LogP contribution >= 0.6 is 11.3 Å². The Bertz CT molecular complexity index is 856. The summed E-state index contributed by atoms with van der Waals surface area (Å²) >= 11 is 1.59. The molecular weight excluding hydrogens is 332 g/mol. The van der Waals surface area contributed by atoms with Gasteiger partial charge in [-0.25, -0.2) is 4.98 Å². The predicted molar refractivity (Wildman–Crippen MR) is 101 cm³/mol. The molecule has 128 valence electrons. The summed E-state index contributed by atoms with van der Waals surface area (Å²) in [5, 5.41) is 5.87. The number of hydrogen-bond acceptors (Lipinski definition) is 4. The van der Waals surface area contributed by atoms with Crippen molar-refractivity contribution in [3.63, 3.8) is 0 Å². The fourth-order valence-electron chi connectivity index (χ4n) is 2.47. The van der Waals surface area contributed by atoms with Crippen molar-refractivity contribution in [1.29, 1.82) is 0 Å². The van der Waals surface area contributed by atoms with Gasteiger partial charge < -0.3 is 10.1 Å². The normalized spacial score (nSPS) is 10.5. The summed E-state index contributed by atoms with van der Waals surface area (Å²) in [5.41, 5.74) is 3.80. The van der Waals surface area contributed by atoms with E-state index >= 15 is 0 Å². The van der Waals surface area contributed by atoms with Crippen molar-refractivity contribution in [3.05, 3.63) is 70.7 Å². The molecule has 0 unspecified atom stereocenters. The highest BCUT2D eigenvalue weighted by Gasteiger charge is 2.09. The molecule has 1 heterocycles. The minimum atomic E-state index is -0.117. The maximum Gasteiger partial charge on any atom is 0.251 e. The van der Waals surface area contributed by atoms with Crippen molar-refractivity contribution >= 4 is 17.2 Å². The lowest BCUT2D eigenvalue weighted by Gasteiger charge is -2.06. The van der Waals surface area contributed by atoms with E-state index in [1.54, 1.807) is 35.6 Å². The average molecular weight is 352 g/mol. The van der Waals surface area contributed by atoms with Crippen LogP contribution in [0.4, 0.5) is 0 Å². The van der Waals surface area contributed by atoms with Gasteiger partial charge in [0.1, 0.15) is 10.8 Å². The quantitative estimate of drug-likeness (QED) is 0.713. The Morgan fingerprint density at radius 1 is 1.16 bits per heavy atom. The van der Waals surface area contributed by atoms with Crippen LogP contribution < -0.4 is 10.1 Å². The van der Waals surface area contributed by atoms with Gasteiger partial charge in [-0.2, -0.15) is 0 Å². The molecule has 0 fully saturated rings. The van der Waals surface area contributed by atoms with Crippen molar-refractivity contribution in [2.45, 2.75) is 20.4 Å². The molecule has 3 rings (SSSR count). The molecule has 0 atom stereocenters. The summed E-state index contributed by atoms with van der Waals surface area (Å²) in [6.45, 7) is 5.02. The minimum Gasteiger partial charge on any atom is -0.494 e. The number of thiazole rings is 1. The number of ether oxygens (including phenoxy) is 1. The molecule has 0 saturated heterocycles. The molecule has 0 spiro atoms. The van der Waals surface area contributed by atoms with Crippen molar-refractivity contribution in [1.82, 2.24) is 10.3 Å². The molecule has 1 aromatic heterocycles. The third kappa shape index (κ3) is 4.25. The zero-order valence-electron chi connectivity index (χ0n) is 14.3. The van der Waals surface area contributed by atoms with E-state index < -0.39 is 0 Å². The van der Waals surface area contributed by atoms with Crippen molar-refractivity contribution in [3.8, 4) is 16.3 Å². The van der Waals surface area contributed by atoms with E-state index in [0.29, 0.717) is 18.7 Å². The van der Waals surface area contributed by atoms with Gasteiger partial charge >= 0.3 is 0 Å². The summed E-state index contributed by atoms with van der Waals surface area (Å²) in [6.07, 6.45) is 0. The Hall–Kier alpha value is -2.66. The van der Waals surface area contributed by atoms with Gasteiger partial charge in [0.25, 0.3) is 5.91 Å². The number of benzene rings is 2. The number of amides is 1. The number of carbonyl (C=O) groups is 1. The number of aryl methyl sites for hydroxylation is 1. The van der Waals surface area contributed by atoms with Crippen LogP contribution in [-0.2, 0) is 6.54 Å². The minimum absolute atomic E-state index is 0.117. The molecule has 0 radical (unpaired) electrons. The average Bonchev–Trinajstić information content (AvgIpc) is 3.10. The lowest BCUT2D eigenvalue weighted by molar-refractivity contribution is 0.0950. The highest BCUT2D eigenvalue weighted by Crippen LogP contribution is 2.26. The van der Waals surface area contributed by atoms with Crippen LogP contribution in [0, 0.1) is 6.92 Å². The standard InChI is InChI=1S/C20H20N2O2S/c1-3-24-17-10-8-15(9-11-17)19(23)21-12-16-13-25-20(22-16)18-7-5-4-6-14(18)2/h4-11,13H,3,12H2,1-2H3,(H,21,23). The second-order valence-electron chi connectivity index (χ2n) is 5.60. The first-order valence-corrected chi connectivity index (χ1v) is 9.07. The van der Waals surface area contributed by atoms with E-state index in [-0.39, 0.29) is 5.91 Å². The SMILES string of the molecule is CCOc1ccc(C(=O)NCc2csc(-c3ccccc3C)n2)cc1. The first kappa shape index (κ1) is 17.2. The molecule has 2 aromatic carbocycles. The number of nitrogens with one attached hydrogen (secondary N) is 1. The highest BCUT2D eigenvalue weighted by molar-refractivity contribution is 7.13. The molecule has 3 aromatic rings. The zero-order chi connectivity index (χ0) is 17.6. The summed E-state index contributed by atoms with van der Waals surface area (Å²) in [4.78, 5) is 16.9. The largest absolute Gasteiger partial charge is 0.494 e. The number of nitrogens with zero attached hydrogens (tertiary/aromatic N) is 1. The lowest BCUT2D eigenvalue weighted by Crippen LogP contribution is -2.22. The Morgan fingerprint density at radius 2 is 1.92 bits per heavy atom. The van der Waals surface area contributed by atoms with Crippen LogP contribution in [0.25, 0.3) is 10.6 Å². The van der Waals surface area contributed by atoms with Crippen LogP contribution in [0.15, 0.2) is 53.9 Å². The molecule has 1 N–H and O–H groups in total. The van der Waals surface area contributed by atoms with Gasteiger partial charge in [-0.1, -0.05) is 24.3 Å². The Kier molecular flexibility index (Phi) is 5.46. The molecule has 0 aliphatic rings. The van der Waals surface area contributed by atoms with Crippen LogP contribution in [-0.4, -0.2) is 17.5 Å². The molecule has 25 heavy (non-hydrogen) atoms. The summed E-state index contributed by atoms with van der Waals surface area (Å²) < 4.78 is 5.38. The van der Waals surface area contributed by atoms with Gasteiger partial charge in [-0.05, 0) is 43.7 Å². The molecule has 4 nitrogen and oxygen atoms in total. The smallest absolute Gasteiger partial charge is 0.251 e. The van der Waals surface area contributed by atoms with E-state index in [0.717, 1.165) is 22.0 Å². The molecular formula is C20H20N2O2S. The fourth-order valence-corrected chi connectivity index (χ4v) is 3.38. The Labute approximate surface area is 151 Å². The number of carbonyl (C=O) groups excluding carboxylic acids is 1. The van der Waals surface area contributed by atoms with Crippen LogP contribution in [0.3, 0.4) is 0 Å². The molecule has 0 saturated carbocycles. The third-order valence-electron chi connectivity index (χ3n) is 3.78. The van der Waals surface area contributed by atoms with Crippen molar-refractivity contribution in [2.75, 3.05) is 6.61 Å². The first-order chi connectivity index (χ1) is 12.2. The monoisotopic (exact) mass is 352 g/mol. The fraction of sp³-hybridized carbons (Fsp3) is 0.200. The van der Waals surface area contributed by atoms with Gasteiger partial charge in [0, 0.05) is 16.5 Å². The summed E-state index contributed by atoms with van der Waals surface area (Å²) in [5.74, 6) is 0.648. The van der Waals surface area contributed by atoms with Crippen molar-refractivity contribution in [2.24, 2.45) is 0 Å². The van der Waals surface area contributed by atoms with E-state index in [2.05, 4.69) is 29.4 Å². The number of hydrogen-bond donors (Lipinski definition) is 1. The zero-order valence-corrected chi connectivity index (χ0v) is 15.1.